The molecule has 0 aromatic heterocycles. The van der Waals surface area contributed by atoms with E-state index in [4.69, 9.17) is 0 Å². The molecule has 6 heteroatoms. The van der Waals surface area contributed by atoms with Crippen molar-refractivity contribution in [2.45, 2.75) is 71.1 Å². The Morgan fingerprint density at radius 1 is 1.21 bits per heavy atom. The van der Waals surface area contributed by atoms with E-state index in [0.717, 1.165) is 6.42 Å². The number of hydrogen-bond acceptors (Lipinski definition) is 2. The summed E-state index contributed by atoms with van der Waals surface area (Å²) in [7, 11) is 0. The van der Waals surface area contributed by atoms with Crippen LogP contribution in [0.1, 0.15) is 53.4 Å². The van der Waals surface area contributed by atoms with Gasteiger partial charge in [-0.25, -0.2) is 0 Å². The van der Waals surface area contributed by atoms with E-state index in [-0.39, 0.29) is 17.9 Å². The second-order valence-electron chi connectivity index (χ2n) is 5.47. The van der Waals surface area contributed by atoms with Gasteiger partial charge in [-0.1, -0.05) is 6.92 Å². The third kappa shape index (κ3) is 9.76. The highest BCUT2D eigenvalue weighted by Gasteiger charge is 2.26. The minimum atomic E-state index is -4.09. The topological polar surface area (TPSA) is 41.1 Å². The fraction of sp³-hybridized carbons (Fsp3) is 0.923. The minimum Gasteiger partial charge on any atom is -0.350 e. The third-order valence-electron chi connectivity index (χ3n) is 3.08. The molecule has 114 valence electrons. The van der Waals surface area contributed by atoms with Crippen molar-refractivity contribution < 1.29 is 18.0 Å². The third-order valence-corrected chi connectivity index (χ3v) is 3.08. The van der Waals surface area contributed by atoms with Crippen LogP contribution < -0.4 is 10.6 Å². The highest BCUT2D eigenvalue weighted by atomic mass is 19.4. The molecule has 0 fully saturated rings. The number of rotatable bonds is 8. The molecule has 1 unspecified atom stereocenters. The van der Waals surface area contributed by atoms with Crippen LogP contribution in [0.5, 0.6) is 0 Å². The molecule has 0 rings (SSSR count). The first kappa shape index (κ1) is 18.2. The van der Waals surface area contributed by atoms with Gasteiger partial charge in [0.1, 0.15) is 0 Å². The number of nitrogens with one attached hydrogen (secondary N) is 2. The van der Waals surface area contributed by atoms with Gasteiger partial charge in [-0.05, 0) is 46.6 Å². The van der Waals surface area contributed by atoms with Crippen molar-refractivity contribution in [2.75, 3.05) is 6.54 Å². The molecule has 0 aliphatic rings. The molecule has 0 heterocycles. The summed E-state index contributed by atoms with van der Waals surface area (Å²) in [5.41, 5.74) is -0.261. The Hall–Kier alpha value is -0.780. The van der Waals surface area contributed by atoms with Gasteiger partial charge in [0.05, 0.1) is 6.04 Å². The normalized spacial score (nSPS) is 14.3. The van der Waals surface area contributed by atoms with Crippen molar-refractivity contribution in [2.24, 2.45) is 0 Å². The average Bonchev–Trinajstić information content (AvgIpc) is 2.26. The number of halogens is 3. The lowest BCUT2D eigenvalue weighted by molar-refractivity contribution is -0.135. The monoisotopic (exact) mass is 282 g/mol. The Bertz CT molecular complexity index is 278. The van der Waals surface area contributed by atoms with Crippen molar-refractivity contribution in [1.29, 1.82) is 0 Å². The maximum absolute atomic E-state index is 11.9. The van der Waals surface area contributed by atoms with Gasteiger partial charge in [0.25, 0.3) is 0 Å². The Morgan fingerprint density at radius 2 is 1.79 bits per heavy atom. The van der Waals surface area contributed by atoms with E-state index in [9.17, 15) is 18.0 Å². The van der Waals surface area contributed by atoms with Crippen LogP contribution in [0, 0.1) is 0 Å². The minimum absolute atomic E-state index is 0.0886. The number of unbranched alkanes of at least 4 members (excludes halogenated alkanes) is 1. The number of amides is 1. The smallest absolute Gasteiger partial charge is 0.350 e. The van der Waals surface area contributed by atoms with Gasteiger partial charge < -0.3 is 10.6 Å². The lowest BCUT2D eigenvalue weighted by Gasteiger charge is -2.26. The summed E-state index contributed by atoms with van der Waals surface area (Å²) in [6, 6.07) is -0.392. The van der Waals surface area contributed by atoms with Crippen LogP contribution in [0.25, 0.3) is 0 Å². The molecule has 2 N–H and O–H groups in total. The SMILES string of the molecule is CCC(C)(C)NC(=O)C(C)NCCCCC(F)(F)F. The molecule has 0 aromatic carbocycles. The van der Waals surface area contributed by atoms with E-state index < -0.39 is 18.6 Å². The van der Waals surface area contributed by atoms with Crippen molar-refractivity contribution in [1.82, 2.24) is 10.6 Å². The van der Waals surface area contributed by atoms with E-state index in [1.54, 1.807) is 6.92 Å². The first-order chi connectivity index (χ1) is 8.57. The van der Waals surface area contributed by atoms with Crippen LogP contribution in [0.2, 0.25) is 0 Å². The predicted octanol–water partition coefficient (Wildman–Crippen LogP) is 3.00. The van der Waals surface area contributed by atoms with Crippen molar-refractivity contribution in [3.8, 4) is 0 Å². The maximum atomic E-state index is 11.9. The lowest BCUT2D eigenvalue weighted by Crippen LogP contribution is -2.50. The lowest BCUT2D eigenvalue weighted by atomic mass is 10.0. The van der Waals surface area contributed by atoms with Crippen LogP contribution in [0.15, 0.2) is 0 Å². The van der Waals surface area contributed by atoms with E-state index in [0.29, 0.717) is 13.0 Å². The van der Waals surface area contributed by atoms with Gasteiger partial charge in [-0.3, -0.25) is 4.79 Å². The van der Waals surface area contributed by atoms with Crippen molar-refractivity contribution in [3.63, 3.8) is 0 Å². The number of hydrogen-bond donors (Lipinski definition) is 2. The summed E-state index contributed by atoms with van der Waals surface area (Å²) >= 11 is 0. The molecule has 1 amide bonds. The molecular formula is C13H25F3N2O. The van der Waals surface area contributed by atoms with Gasteiger partial charge in [-0.15, -0.1) is 0 Å². The fourth-order valence-electron chi connectivity index (χ4n) is 1.39. The van der Waals surface area contributed by atoms with Crippen LogP contribution in [-0.2, 0) is 4.79 Å². The molecule has 0 aliphatic carbocycles. The van der Waals surface area contributed by atoms with E-state index in [1.165, 1.54) is 0 Å². The standard InChI is InChI=1S/C13H25F3N2O/c1-5-12(3,4)18-11(19)10(2)17-9-7-6-8-13(14,15)16/h10,17H,5-9H2,1-4H3,(H,18,19). The van der Waals surface area contributed by atoms with Crippen molar-refractivity contribution in [3.05, 3.63) is 0 Å². The van der Waals surface area contributed by atoms with Gasteiger partial charge in [0, 0.05) is 12.0 Å². The summed E-state index contributed by atoms with van der Waals surface area (Å²) in [5.74, 6) is -0.123. The highest BCUT2D eigenvalue weighted by Crippen LogP contribution is 2.21. The summed E-state index contributed by atoms with van der Waals surface area (Å²) in [6.07, 6.45) is -3.54. The molecule has 19 heavy (non-hydrogen) atoms. The van der Waals surface area contributed by atoms with Crippen LogP contribution in [0.4, 0.5) is 13.2 Å². The zero-order valence-corrected chi connectivity index (χ0v) is 12.2. The zero-order valence-electron chi connectivity index (χ0n) is 12.2. The Kier molecular flexibility index (Phi) is 7.41. The van der Waals surface area contributed by atoms with Gasteiger partial charge in [0.15, 0.2) is 0 Å². The highest BCUT2D eigenvalue weighted by molar-refractivity contribution is 5.81. The van der Waals surface area contributed by atoms with Crippen LogP contribution >= 0.6 is 0 Å². The molecule has 3 nitrogen and oxygen atoms in total. The molecule has 0 aliphatic heterocycles. The molecule has 0 saturated heterocycles. The molecular weight excluding hydrogens is 257 g/mol. The molecule has 0 spiro atoms. The quantitative estimate of drug-likeness (QED) is 0.672. The second kappa shape index (κ2) is 7.72. The Balaban J connectivity index is 3.80. The summed E-state index contributed by atoms with van der Waals surface area (Å²) in [4.78, 5) is 11.8. The van der Waals surface area contributed by atoms with E-state index in [1.807, 2.05) is 20.8 Å². The summed E-state index contributed by atoms with van der Waals surface area (Å²) in [6.45, 7) is 7.97. The average molecular weight is 282 g/mol. The molecule has 0 radical (unpaired) electrons. The summed E-state index contributed by atoms with van der Waals surface area (Å²) < 4.78 is 35.7. The Morgan fingerprint density at radius 3 is 2.26 bits per heavy atom. The first-order valence-corrected chi connectivity index (χ1v) is 6.69. The fourth-order valence-corrected chi connectivity index (χ4v) is 1.39. The molecule has 0 bridgehead atoms. The van der Waals surface area contributed by atoms with Crippen LogP contribution in [-0.4, -0.2) is 30.2 Å². The van der Waals surface area contributed by atoms with Gasteiger partial charge in [0.2, 0.25) is 5.91 Å². The Labute approximate surface area is 113 Å². The summed E-state index contributed by atoms with van der Waals surface area (Å²) in [5, 5.41) is 5.83. The number of carbonyl (C=O) groups is 1. The zero-order chi connectivity index (χ0) is 15.1. The molecule has 0 aromatic rings. The molecule has 0 saturated carbocycles. The first-order valence-electron chi connectivity index (χ1n) is 6.69. The van der Waals surface area contributed by atoms with Crippen molar-refractivity contribution >= 4 is 5.91 Å². The molecule has 1 atom stereocenters. The number of carbonyl (C=O) groups excluding carboxylic acids is 1. The van der Waals surface area contributed by atoms with Gasteiger partial charge >= 0.3 is 6.18 Å². The number of alkyl halides is 3. The van der Waals surface area contributed by atoms with Gasteiger partial charge in [-0.2, -0.15) is 13.2 Å². The maximum Gasteiger partial charge on any atom is 0.389 e. The van der Waals surface area contributed by atoms with Crippen LogP contribution in [0.3, 0.4) is 0 Å². The largest absolute Gasteiger partial charge is 0.389 e. The van der Waals surface area contributed by atoms with E-state index in [2.05, 4.69) is 10.6 Å². The second-order valence-corrected chi connectivity index (χ2v) is 5.47. The van der Waals surface area contributed by atoms with E-state index >= 15 is 0 Å². The predicted molar refractivity (Wildman–Crippen MR) is 69.9 cm³/mol.